The molecule has 5 heteroatoms. The number of carbonyl (C=O) groups is 1. The van der Waals surface area contributed by atoms with E-state index < -0.39 is 12.3 Å². The molecule has 0 heterocycles. The number of nitrogens with two attached hydrogens (primary N) is 1. The second kappa shape index (κ2) is 6.03. The molecule has 0 saturated heterocycles. The highest BCUT2D eigenvalue weighted by atomic mass is 19.1. The molecular weight excluding hydrogens is 211 g/mol. The zero-order valence-electron chi connectivity index (χ0n) is 9.73. The molecule has 3 N–H and O–H groups in total. The Balaban J connectivity index is 2.23. The van der Waals surface area contributed by atoms with Crippen molar-refractivity contribution in [3.8, 4) is 0 Å². The maximum atomic E-state index is 12.9. The summed E-state index contributed by atoms with van der Waals surface area (Å²) >= 11 is 0. The quantitative estimate of drug-likeness (QED) is 0.777. The lowest BCUT2D eigenvalue weighted by Crippen LogP contribution is -2.39. The first-order valence-electron chi connectivity index (χ1n) is 5.82. The van der Waals surface area contributed by atoms with E-state index in [-0.39, 0.29) is 6.04 Å². The topological polar surface area (TPSA) is 66.6 Å². The second-order valence-electron chi connectivity index (χ2n) is 4.78. The Kier molecular flexibility index (Phi) is 4.99. The summed E-state index contributed by atoms with van der Waals surface area (Å²) in [7, 11) is 1.51. The zero-order chi connectivity index (χ0) is 12.1. The van der Waals surface area contributed by atoms with Crippen LogP contribution in [0.3, 0.4) is 0 Å². The van der Waals surface area contributed by atoms with Crippen LogP contribution in [0.4, 0.5) is 9.18 Å². The van der Waals surface area contributed by atoms with Crippen LogP contribution in [0.5, 0.6) is 0 Å². The van der Waals surface area contributed by atoms with Crippen molar-refractivity contribution in [2.75, 3.05) is 13.6 Å². The van der Waals surface area contributed by atoms with Gasteiger partial charge in [0.15, 0.2) is 0 Å². The Morgan fingerprint density at radius 1 is 1.50 bits per heavy atom. The van der Waals surface area contributed by atoms with E-state index in [0.29, 0.717) is 25.3 Å². The van der Waals surface area contributed by atoms with Gasteiger partial charge in [0.2, 0.25) is 0 Å². The van der Waals surface area contributed by atoms with Crippen molar-refractivity contribution in [2.24, 2.45) is 11.7 Å². The third-order valence-corrected chi connectivity index (χ3v) is 3.25. The van der Waals surface area contributed by atoms with Crippen molar-refractivity contribution in [1.29, 1.82) is 0 Å². The summed E-state index contributed by atoms with van der Waals surface area (Å²) in [5, 5.41) is 8.69. The minimum atomic E-state index is -0.956. The lowest BCUT2D eigenvalue weighted by atomic mass is 9.84. The molecular formula is C11H21FN2O2. The van der Waals surface area contributed by atoms with E-state index in [0.717, 1.165) is 19.3 Å². The number of hydrogen-bond donors (Lipinski definition) is 2. The average molecular weight is 232 g/mol. The molecule has 0 aromatic carbocycles. The molecule has 1 aliphatic carbocycles. The van der Waals surface area contributed by atoms with E-state index in [2.05, 4.69) is 0 Å². The molecule has 0 bridgehead atoms. The minimum absolute atomic E-state index is 0.137. The number of nitrogens with zero attached hydrogens (tertiary/aromatic N) is 1. The van der Waals surface area contributed by atoms with Gasteiger partial charge in [0.05, 0.1) is 0 Å². The van der Waals surface area contributed by atoms with E-state index in [1.165, 1.54) is 11.9 Å². The fourth-order valence-electron chi connectivity index (χ4n) is 2.29. The smallest absolute Gasteiger partial charge is 0.407 e. The monoisotopic (exact) mass is 232 g/mol. The Bertz CT molecular complexity index is 230. The highest BCUT2D eigenvalue weighted by Gasteiger charge is 2.23. The van der Waals surface area contributed by atoms with Gasteiger partial charge in [-0.15, -0.1) is 0 Å². The van der Waals surface area contributed by atoms with Gasteiger partial charge in [-0.1, -0.05) is 0 Å². The van der Waals surface area contributed by atoms with Gasteiger partial charge < -0.3 is 15.7 Å². The first-order chi connectivity index (χ1) is 7.49. The SMILES string of the molecule is CN(C[C@@H](N)C[C@H]1CC[C@H](F)CC1)C(=O)O. The van der Waals surface area contributed by atoms with Crippen molar-refractivity contribution >= 4 is 6.09 Å². The normalized spacial score (nSPS) is 27.4. The summed E-state index contributed by atoms with van der Waals surface area (Å²) in [5.41, 5.74) is 5.88. The van der Waals surface area contributed by atoms with Crippen molar-refractivity contribution in [1.82, 2.24) is 4.90 Å². The van der Waals surface area contributed by atoms with Crippen LogP contribution in [0.15, 0.2) is 0 Å². The van der Waals surface area contributed by atoms with Crippen LogP contribution in [-0.4, -0.2) is 41.9 Å². The summed E-state index contributed by atoms with van der Waals surface area (Å²) in [5.74, 6) is 0.462. The predicted molar refractivity (Wildman–Crippen MR) is 60.1 cm³/mol. The zero-order valence-corrected chi connectivity index (χ0v) is 9.73. The number of amides is 1. The van der Waals surface area contributed by atoms with Gasteiger partial charge in [-0.2, -0.15) is 0 Å². The third kappa shape index (κ3) is 4.35. The van der Waals surface area contributed by atoms with Gasteiger partial charge in [-0.25, -0.2) is 9.18 Å². The molecule has 1 aliphatic rings. The van der Waals surface area contributed by atoms with Crippen LogP contribution in [0.1, 0.15) is 32.1 Å². The molecule has 0 spiro atoms. The number of hydrogen-bond acceptors (Lipinski definition) is 2. The molecule has 94 valence electrons. The maximum absolute atomic E-state index is 12.9. The Hall–Kier alpha value is -0.840. The van der Waals surface area contributed by atoms with E-state index in [4.69, 9.17) is 10.8 Å². The standard InChI is InChI=1S/C11H21FN2O2/c1-14(11(15)16)7-10(13)6-8-2-4-9(12)5-3-8/h8-10H,2-7,13H2,1H3,(H,15,16)/t8-,9-,10-/m0/s1. The summed E-state index contributed by atoms with van der Waals surface area (Å²) in [6.07, 6.45) is 2.22. The molecule has 0 unspecified atom stereocenters. The summed E-state index contributed by atoms with van der Waals surface area (Å²) in [4.78, 5) is 11.8. The van der Waals surface area contributed by atoms with E-state index >= 15 is 0 Å². The lowest BCUT2D eigenvalue weighted by molar-refractivity contribution is 0.148. The number of halogens is 1. The van der Waals surface area contributed by atoms with Crippen molar-refractivity contribution in [2.45, 2.75) is 44.3 Å². The van der Waals surface area contributed by atoms with Crippen LogP contribution >= 0.6 is 0 Å². The van der Waals surface area contributed by atoms with Gasteiger partial charge in [0.1, 0.15) is 6.17 Å². The highest BCUT2D eigenvalue weighted by Crippen LogP contribution is 2.29. The summed E-state index contributed by atoms with van der Waals surface area (Å²) in [6.45, 7) is 0.352. The van der Waals surface area contributed by atoms with Gasteiger partial charge in [-0.3, -0.25) is 0 Å². The summed E-state index contributed by atoms with van der Waals surface area (Å²) < 4.78 is 12.9. The molecule has 4 nitrogen and oxygen atoms in total. The van der Waals surface area contributed by atoms with Crippen LogP contribution < -0.4 is 5.73 Å². The molecule has 0 aromatic rings. The average Bonchev–Trinajstić information content (AvgIpc) is 2.21. The van der Waals surface area contributed by atoms with Gasteiger partial charge >= 0.3 is 6.09 Å². The number of likely N-dealkylation sites (N-methyl/N-ethyl adjacent to an activating group) is 1. The molecule has 1 fully saturated rings. The van der Waals surface area contributed by atoms with E-state index in [9.17, 15) is 9.18 Å². The van der Waals surface area contributed by atoms with Gasteiger partial charge in [0, 0.05) is 19.6 Å². The number of carboxylic acid groups (broad SMARTS) is 1. The Morgan fingerprint density at radius 3 is 2.56 bits per heavy atom. The molecule has 1 amide bonds. The number of rotatable bonds is 4. The fourth-order valence-corrected chi connectivity index (χ4v) is 2.29. The lowest BCUT2D eigenvalue weighted by Gasteiger charge is -2.27. The van der Waals surface area contributed by atoms with Crippen LogP contribution in [-0.2, 0) is 0 Å². The Labute approximate surface area is 95.6 Å². The molecule has 0 aliphatic heterocycles. The first-order valence-corrected chi connectivity index (χ1v) is 5.82. The van der Waals surface area contributed by atoms with Gasteiger partial charge in [-0.05, 0) is 38.0 Å². The predicted octanol–water partition coefficient (Wildman–Crippen LogP) is 1.84. The molecule has 0 aromatic heterocycles. The molecule has 1 saturated carbocycles. The molecule has 1 atom stereocenters. The van der Waals surface area contributed by atoms with E-state index in [1.807, 2.05) is 0 Å². The largest absolute Gasteiger partial charge is 0.465 e. The second-order valence-corrected chi connectivity index (χ2v) is 4.78. The highest BCUT2D eigenvalue weighted by molar-refractivity contribution is 5.64. The van der Waals surface area contributed by atoms with Crippen molar-refractivity contribution in [3.05, 3.63) is 0 Å². The minimum Gasteiger partial charge on any atom is -0.465 e. The first kappa shape index (κ1) is 13.2. The molecule has 0 radical (unpaired) electrons. The van der Waals surface area contributed by atoms with Gasteiger partial charge in [0.25, 0.3) is 0 Å². The van der Waals surface area contributed by atoms with Crippen molar-refractivity contribution in [3.63, 3.8) is 0 Å². The fraction of sp³-hybridized carbons (Fsp3) is 0.909. The Morgan fingerprint density at radius 2 is 2.06 bits per heavy atom. The van der Waals surface area contributed by atoms with Crippen molar-refractivity contribution < 1.29 is 14.3 Å². The van der Waals surface area contributed by atoms with Crippen LogP contribution in [0.25, 0.3) is 0 Å². The maximum Gasteiger partial charge on any atom is 0.407 e. The summed E-state index contributed by atoms with van der Waals surface area (Å²) in [6, 6.07) is -0.137. The van der Waals surface area contributed by atoms with Crippen LogP contribution in [0, 0.1) is 5.92 Å². The van der Waals surface area contributed by atoms with E-state index in [1.54, 1.807) is 0 Å². The third-order valence-electron chi connectivity index (χ3n) is 3.25. The number of alkyl halides is 1. The molecule has 1 rings (SSSR count). The molecule has 16 heavy (non-hydrogen) atoms. The van der Waals surface area contributed by atoms with Crippen LogP contribution in [0.2, 0.25) is 0 Å².